The highest BCUT2D eigenvalue weighted by Gasteiger charge is 2.40. The quantitative estimate of drug-likeness (QED) is 0.447. The highest BCUT2D eigenvalue weighted by atomic mass is 35.5. The van der Waals surface area contributed by atoms with Crippen LogP contribution in [0.3, 0.4) is 0 Å². The molecule has 0 unspecified atom stereocenters. The second-order valence-corrected chi connectivity index (χ2v) is 11.5. The average molecular weight is 546 g/mol. The molecule has 1 aliphatic heterocycles. The molecular weight excluding hydrogens is 527 g/mol. The Morgan fingerprint density at radius 3 is 2.60 bits per heavy atom. The van der Waals surface area contributed by atoms with Crippen LogP contribution in [0.2, 0.25) is 4.34 Å². The number of amides is 1. The molecule has 0 saturated carbocycles. The number of hydrogen-bond acceptors (Lipinski definition) is 6. The van der Waals surface area contributed by atoms with Crippen LogP contribution in [0, 0.1) is 0 Å². The number of benzene rings is 1. The summed E-state index contributed by atoms with van der Waals surface area (Å²) in [6.45, 7) is 0.316. The first-order chi connectivity index (χ1) is 16.5. The van der Waals surface area contributed by atoms with Gasteiger partial charge in [-0.3, -0.25) is 4.79 Å². The molecule has 1 aromatic carbocycles. The second kappa shape index (κ2) is 10.1. The average Bonchev–Trinajstić information content (AvgIpc) is 3.48. The minimum absolute atomic E-state index is 0.0833. The highest BCUT2D eigenvalue weighted by Crippen LogP contribution is 2.33. The number of thiophene rings is 1. The van der Waals surface area contributed by atoms with Crippen molar-refractivity contribution in [2.75, 3.05) is 6.54 Å². The first-order valence-corrected chi connectivity index (χ1v) is 13.0. The second-order valence-electron chi connectivity index (χ2n) is 7.68. The number of pyridine rings is 1. The van der Waals surface area contributed by atoms with Gasteiger partial charge in [0.2, 0.25) is 11.8 Å². The Hall–Kier alpha value is -2.67. The standard InChI is InChI=1S/C22H19ClF3N3O4S2/c23-18-7-8-20(34-18)35(31,32)29-11-1-2-17(29)21(30)28-13-14-9-10-27-19(12-14)33-16-5-3-15(4-6-16)22(24,25)26/h3-10,12,17H,1-2,11,13H2,(H,28,30)/t17-/m0/s1. The number of sulfonamides is 1. The van der Waals surface area contributed by atoms with E-state index in [0.29, 0.717) is 22.7 Å². The molecule has 1 N–H and O–H groups in total. The zero-order chi connectivity index (χ0) is 25.2. The van der Waals surface area contributed by atoms with Crippen molar-refractivity contribution in [1.82, 2.24) is 14.6 Å². The highest BCUT2D eigenvalue weighted by molar-refractivity contribution is 7.91. The van der Waals surface area contributed by atoms with Gasteiger partial charge in [-0.1, -0.05) is 11.6 Å². The predicted molar refractivity (Wildman–Crippen MR) is 124 cm³/mol. The maximum Gasteiger partial charge on any atom is 0.416 e. The fraction of sp³-hybridized carbons (Fsp3) is 0.273. The molecule has 1 saturated heterocycles. The monoisotopic (exact) mass is 545 g/mol. The molecule has 1 atom stereocenters. The van der Waals surface area contributed by atoms with E-state index < -0.39 is 33.7 Å². The number of carbonyl (C=O) groups excluding carboxylic acids is 1. The number of aromatic nitrogens is 1. The number of nitrogens with zero attached hydrogens (tertiary/aromatic N) is 2. The van der Waals surface area contributed by atoms with E-state index in [0.717, 1.165) is 23.5 Å². The van der Waals surface area contributed by atoms with Crippen molar-refractivity contribution in [2.45, 2.75) is 35.8 Å². The van der Waals surface area contributed by atoms with Crippen LogP contribution in [0.4, 0.5) is 13.2 Å². The Kier molecular flexibility index (Phi) is 7.36. The smallest absolute Gasteiger partial charge is 0.416 e. The number of alkyl halides is 3. The first kappa shape index (κ1) is 25.4. The lowest BCUT2D eigenvalue weighted by molar-refractivity contribution is -0.137. The topological polar surface area (TPSA) is 88.6 Å². The van der Waals surface area contributed by atoms with Crippen molar-refractivity contribution < 1.29 is 31.1 Å². The molecule has 1 aliphatic rings. The fourth-order valence-electron chi connectivity index (χ4n) is 3.60. The molecule has 0 bridgehead atoms. The van der Waals surface area contributed by atoms with Gasteiger partial charge in [-0.15, -0.1) is 11.3 Å². The van der Waals surface area contributed by atoms with Crippen LogP contribution >= 0.6 is 22.9 Å². The number of hydrogen-bond donors (Lipinski definition) is 1. The number of rotatable bonds is 7. The third-order valence-electron chi connectivity index (χ3n) is 5.29. The van der Waals surface area contributed by atoms with Gasteiger partial charge in [0, 0.05) is 25.4 Å². The summed E-state index contributed by atoms with van der Waals surface area (Å²) in [5.41, 5.74) is -0.174. The summed E-state index contributed by atoms with van der Waals surface area (Å²) in [7, 11) is -3.84. The molecule has 13 heteroatoms. The Morgan fingerprint density at radius 1 is 1.20 bits per heavy atom. The van der Waals surface area contributed by atoms with E-state index in [1.54, 1.807) is 6.07 Å². The van der Waals surface area contributed by atoms with Crippen LogP contribution in [0.15, 0.2) is 58.9 Å². The zero-order valence-corrected chi connectivity index (χ0v) is 20.3. The molecule has 0 spiro atoms. The minimum atomic E-state index is -4.44. The van der Waals surface area contributed by atoms with Gasteiger partial charge in [-0.2, -0.15) is 17.5 Å². The molecule has 3 aromatic rings. The molecule has 186 valence electrons. The van der Waals surface area contributed by atoms with Gasteiger partial charge >= 0.3 is 6.18 Å². The van der Waals surface area contributed by atoms with E-state index in [4.69, 9.17) is 16.3 Å². The van der Waals surface area contributed by atoms with Crippen LogP contribution in [-0.2, 0) is 27.5 Å². The SMILES string of the molecule is O=C(NCc1ccnc(Oc2ccc(C(F)(F)F)cc2)c1)[C@@H]1CCCN1S(=O)(=O)c1ccc(Cl)s1. The lowest BCUT2D eigenvalue weighted by atomic mass is 10.2. The van der Waals surface area contributed by atoms with Gasteiger partial charge in [0.05, 0.1) is 9.90 Å². The van der Waals surface area contributed by atoms with Gasteiger partial charge in [-0.25, -0.2) is 13.4 Å². The molecular formula is C22H19ClF3N3O4S2. The molecule has 4 rings (SSSR count). The summed E-state index contributed by atoms with van der Waals surface area (Å²) in [4.78, 5) is 16.9. The summed E-state index contributed by atoms with van der Waals surface area (Å²) in [6, 6.07) is 9.44. The van der Waals surface area contributed by atoms with Gasteiger partial charge in [0.1, 0.15) is 16.0 Å². The summed E-state index contributed by atoms with van der Waals surface area (Å²) in [5.74, 6) is -0.126. The Balaban J connectivity index is 1.39. The van der Waals surface area contributed by atoms with Crippen molar-refractivity contribution >= 4 is 38.9 Å². The Bertz CT molecular complexity index is 1310. The van der Waals surface area contributed by atoms with E-state index in [-0.39, 0.29) is 28.9 Å². The van der Waals surface area contributed by atoms with E-state index in [9.17, 15) is 26.4 Å². The number of nitrogens with one attached hydrogen (secondary N) is 1. The minimum Gasteiger partial charge on any atom is -0.439 e. The summed E-state index contributed by atoms with van der Waals surface area (Å²) in [5, 5.41) is 2.74. The van der Waals surface area contributed by atoms with E-state index >= 15 is 0 Å². The first-order valence-electron chi connectivity index (χ1n) is 10.4. The third-order valence-corrected chi connectivity index (χ3v) is 8.89. The number of ether oxygens (including phenoxy) is 1. The van der Waals surface area contributed by atoms with Gasteiger partial charge in [0.15, 0.2) is 0 Å². The maximum absolute atomic E-state index is 12.9. The van der Waals surface area contributed by atoms with Crippen molar-refractivity contribution in [2.24, 2.45) is 0 Å². The molecule has 2 aromatic heterocycles. The fourth-order valence-corrected chi connectivity index (χ4v) is 6.87. The number of carbonyl (C=O) groups is 1. The Labute approximate surface area is 208 Å². The summed E-state index contributed by atoms with van der Waals surface area (Å²) >= 11 is 6.81. The molecule has 0 aliphatic carbocycles. The normalized spacial score (nSPS) is 16.9. The van der Waals surface area contributed by atoms with E-state index in [2.05, 4.69) is 10.3 Å². The summed E-state index contributed by atoms with van der Waals surface area (Å²) < 4.78 is 71.1. The van der Waals surface area contributed by atoms with Crippen molar-refractivity contribution in [1.29, 1.82) is 0 Å². The van der Waals surface area contributed by atoms with Crippen molar-refractivity contribution in [3.8, 4) is 11.6 Å². The Morgan fingerprint density at radius 2 is 1.94 bits per heavy atom. The number of halogens is 4. The van der Waals surface area contributed by atoms with Crippen LogP contribution in [0.1, 0.15) is 24.0 Å². The van der Waals surface area contributed by atoms with Crippen molar-refractivity contribution in [3.05, 3.63) is 70.2 Å². The van der Waals surface area contributed by atoms with Crippen LogP contribution < -0.4 is 10.1 Å². The van der Waals surface area contributed by atoms with Gasteiger partial charge < -0.3 is 10.1 Å². The van der Waals surface area contributed by atoms with Crippen LogP contribution in [-0.4, -0.2) is 36.2 Å². The molecule has 35 heavy (non-hydrogen) atoms. The lowest BCUT2D eigenvalue weighted by Gasteiger charge is -2.22. The van der Waals surface area contributed by atoms with Gasteiger partial charge in [-0.05, 0) is 60.9 Å². The predicted octanol–water partition coefficient (Wildman–Crippen LogP) is 5.08. The molecule has 3 heterocycles. The van der Waals surface area contributed by atoms with E-state index in [1.807, 2.05) is 0 Å². The molecule has 1 amide bonds. The van der Waals surface area contributed by atoms with E-state index in [1.165, 1.54) is 40.8 Å². The summed E-state index contributed by atoms with van der Waals surface area (Å²) in [6.07, 6.45) is -2.06. The molecule has 1 fully saturated rings. The lowest BCUT2D eigenvalue weighted by Crippen LogP contribution is -2.45. The van der Waals surface area contributed by atoms with Crippen molar-refractivity contribution in [3.63, 3.8) is 0 Å². The van der Waals surface area contributed by atoms with Gasteiger partial charge in [0.25, 0.3) is 10.0 Å². The van der Waals surface area contributed by atoms with Crippen LogP contribution in [0.25, 0.3) is 0 Å². The van der Waals surface area contributed by atoms with Crippen LogP contribution in [0.5, 0.6) is 11.6 Å². The largest absolute Gasteiger partial charge is 0.439 e. The maximum atomic E-state index is 12.9. The molecule has 7 nitrogen and oxygen atoms in total. The third kappa shape index (κ3) is 5.95. The molecule has 0 radical (unpaired) electrons. The zero-order valence-electron chi connectivity index (χ0n) is 18.0.